The van der Waals surface area contributed by atoms with Crippen LogP contribution in [0.15, 0.2) is 0 Å². The van der Waals surface area contributed by atoms with E-state index in [1.165, 1.54) is 0 Å². The highest BCUT2D eigenvalue weighted by Gasteiger charge is 2.30. The third-order valence-electron chi connectivity index (χ3n) is 2.22. The number of nitrogens with one attached hydrogen (secondary N) is 1. The smallest absolute Gasteiger partial charge is 0.467 e. The Bertz CT molecular complexity index is 463. The lowest BCUT2D eigenvalue weighted by molar-refractivity contribution is -0.144. The Kier molecular flexibility index (Phi) is 9.41. The lowest BCUT2D eigenvalue weighted by atomic mass is 10.2. The van der Waals surface area contributed by atoms with Gasteiger partial charge in [-0.05, 0) is 20.8 Å². The van der Waals surface area contributed by atoms with Crippen LogP contribution in [-0.2, 0) is 27.9 Å². The second kappa shape index (κ2) is 9.92. The van der Waals surface area contributed by atoms with Gasteiger partial charge in [-0.3, -0.25) is 9.05 Å². The SMILES string of the molecule is COC(=O)[C@H](COP(=O)(O)OC[C@H](O)CO)NC(=O)OC(C)(C)C. The topological polar surface area (TPSA) is 161 Å². The van der Waals surface area contributed by atoms with Gasteiger partial charge in [0.05, 0.1) is 26.9 Å². The molecule has 0 fully saturated rings. The summed E-state index contributed by atoms with van der Waals surface area (Å²) in [7, 11) is -3.56. The van der Waals surface area contributed by atoms with Crippen LogP contribution in [0.25, 0.3) is 0 Å². The van der Waals surface area contributed by atoms with Gasteiger partial charge in [-0.2, -0.15) is 0 Å². The Morgan fingerprint density at radius 2 is 1.75 bits per heavy atom. The van der Waals surface area contributed by atoms with Crippen LogP contribution in [-0.4, -0.2) is 71.8 Å². The summed E-state index contributed by atoms with van der Waals surface area (Å²) in [5.74, 6) is -0.934. The highest BCUT2D eigenvalue weighted by atomic mass is 31.2. The third kappa shape index (κ3) is 10.5. The molecule has 0 spiro atoms. The molecule has 0 aromatic rings. The van der Waals surface area contributed by atoms with E-state index in [4.69, 9.17) is 14.9 Å². The molecule has 4 N–H and O–H groups in total. The highest BCUT2D eigenvalue weighted by Crippen LogP contribution is 2.43. The van der Waals surface area contributed by atoms with Crippen LogP contribution in [0.3, 0.4) is 0 Å². The zero-order chi connectivity index (χ0) is 19.0. The largest absolute Gasteiger partial charge is 0.472 e. The van der Waals surface area contributed by atoms with Gasteiger partial charge in [-0.1, -0.05) is 0 Å². The molecule has 0 bridgehead atoms. The van der Waals surface area contributed by atoms with E-state index in [0.29, 0.717) is 0 Å². The van der Waals surface area contributed by atoms with Crippen molar-refractivity contribution in [1.82, 2.24) is 5.32 Å². The number of hydrogen-bond acceptors (Lipinski definition) is 9. The average Bonchev–Trinajstić information content (AvgIpc) is 2.46. The van der Waals surface area contributed by atoms with Gasteiger partial charge in [-0.25, -0.2) is 14.2 Å². The summed E-state index contributed by atoms with van der Waals surface area (Å²) < 4.78 is 30.0. The van der Waals surface area contributed by atoms with Crippen molar-refractivity contribution in [2.24, 2.45) is 0 Å². The maximum Gasteiger partial charge on any atom is 0.472 e. The van der Waals surface area contributed by atoms with Crippen molar-refractivity contribution in [1.29, 1.82) is 0 Å². The van der Waals surface area contributed by atoms with Crippen molar-refractivity contribution in [3.63, 3.8) is 0 Å². The number of alkyl carbamates (subject to hydrolysis) is 1. The number of amides is 1. The normalized spacial score (nSPS) is 16.6. The van der Waals surface area contributed by atoms with Crippen LogP contribution in [0.2, 0.25) is 0 Å². The number of rotatable bonds is 9. The van der Waals surface area contributed by atoms with Crippen molar-refractivity contribution < 1.29 is 47.8 Å². The number of hydrogen-bond donors (Lipinski definition) is 4. The Balaban J connectivity index is 4.66. The fourth-order valence-corrected chi connectivity index (χ4v) is 1.97. The summed E-state index contributed by atoms with van der Waals surface area (Å²) in [6, 6.07) is -1.42. The summed E-state index contributed by atoms with van der Waals surface area (Å²) >= 11 is 0. The lowest BCUT2D eigenvalue weighted by Crippen LogP contribution is -2.46. The van der Waals surface area contributed by atoms with Crippen LogP contribution >= 0.6 is 7.82 Å². The number of methoxy groups -OCH3 is 1. The standard InChI is InChI=1S/C12H24NO10P/c1-12(2,3)23-11(17)13-9(10(16)20-4)7-22-24(18,19)21-6-8(15)5-14/h8-9,14-15H,5-7H2,1-4H3,(H,13,17)(H,18,19)/t8-,9+/m1/s1. The van der Waals surface area contributed by atoms with Gasteiger partial charge in [-0.15, -0.1) is 0 Å². The molecule has 142 valence electrons. The van der Waals surface area contributed by atoms with Gasteiger partial charge >= 0.3 is 19.9 Å². The van der Waals surface area contributed by atoms with E-state index < -0.39 is 57.5 Å². The molecule has 0 aliphatic carbocycles. The van der Waals surface area contributed by atoms with Crippen LogP contribution < -0.4 is 5.32 Å². The molecule has 0 rings (SSSR count). The Morgan fingerprint density at radius 1 is 1.21 bits per heavy atom. The quantitative estimate of drug-likeness (QED) is 0.307. The first-order valence-electron chi connectivity index (χ1n) is 6.88. The van der Waals surface area contributed by atoms with Gasteiger partial charge in [0.1, 0.15) is 11.7 Å². The molecule has 3 atom stereocenters. The van der Waals surface area contributed by atoms with E-state index in [1.807, 2.05) is 0 Å². The average molecular weight is 373 g/mol. The molecule has 24 heavy (non-hydrogen) atoms. The van der Waals surface area contributed by atoms with E-state index in [2.05, 4.69) is 19.1 Å². The minimum Gasteiger partial charge on any atom is -0.467 e. The number of aliphatic hydroxyl groups excluding tert-OH is 2. The summed E-state index contributed by atoms with van der Waals surface area (Å²) in [5.41, 5.74) is -0.818. The molecule has 1 amide bonds. The molecular formula is C12H24NO10P. The van der Waals surface area contributed by atoms with E-state index in [9.17, 15) is 19.0 Å². The molecule has 0 heterocycles. The van der Waals surface area contributed by atoms with E-state index in [0.717, 1.165) is 7.11 Å². The molecule has 0 aliphatic heterocycles. The number of esters is 1. The van der Waals surface area contributed by atoms with Gasteiger partial charge in [0.2, 0.25) is 0 Å². The number of aliphatic hydroxyl groups is 2. The summed E-state index contributed by atoms with van der Waals surface area (Å²) in [6.07, 6.45) is -2.32. The first-order chi connectivity index (χ1) is 10.9. The molecule has 0 saturated carbocycles. The van der Waals surface area contributed by atoms with Crippen molar-refractivity contribution in [2.45, 2.75) is 38.5 Å². The summed E-state index contributed by atoms with van der Waals surface area (Å²) in [4.78, 5) is 32.6. The minimum atomic E-state index is -4.62. The van der Waals surface area contributed by atoms with Crippen LogP contribution in [0.4, 0.5) is 4.79 Å². The number of carbonyl (C=O) groups excluding carboxylic acids is 2. The second-order valence-corrected chi connectivity index (χ2v) is 7.07. The summed E-state index contributed by atoms with van der Waals surface area (Å²) in [5, 5.41) is 19.8. The first kappa shape index (κ1) is 22.8. The predicted molar refractivity (Wildman–Crippen MR) is 80.0 cm³/mol. The van der Waals surface area contributed by atoms with Crippen molar-refractivity contribution in [2.75, 3.05) is 26.9 Å². The van der Waals surface area contributed by atoms with Gasteiger partial charge < -0.3 is 29.9 Å². The highest BCUT2D eigenvalue weighted by molar-refractivity contribution is 7.47. The Labute approximate surface area is 139 Å². The fraction of sp³-hybridized carbons (Fsp3) is 0.833. The molecule has 11 nitrogen and oxygen atoms in total. The molecule has 12 heteroatoms. The van der Waals surface area contributed by atoms with Crippen molar-refractivity contribution >= 4 is 19.9 Å². The van der Waals surface area contributed by atoms with Crippen molar-refractivity contribution in [3.05, 3.63) is 0 Å². The number of carbonyl (C=O) groups is 2. The van der Waals surface area contributed by atoms with Crippen LogP contribution in [0, 0.1) is 0 Å². The number of phosphoric acid groups is 1. The molecule has 0 aromatic carbocycles. The van der Waals surface area contributed by atoms with Crippen LogP contribution in [0.1, 0.15) is 20.8 Å². The number of ether oxygens (including phenoxy) is 2. The zero-order valence-electron chi connectivity index (χ0n) is 13.9. The van der Waals surface area contributed by atoms with Crippen molar-refractivity contribution in [3.8, 4) is 0 Å². The molecular weight excluding hydrogens is 349 g/mol. The second-order valence-electron chi connectivity index (χ2n) is 5.62. The van der Waals surface area contributed by atoms with E-state index in [1.54, 1.807) is 20.8 Å². The minimum absolute atomic E-state index is 0.660. The lowest BCUT2D eigenvalue weighted by Gasteiger charge is -2.23. The first-order valence-corrected chi connectivity index (χ1v) is 8.38. The van der Waals surface area contributed by atoms with Crippen LogP contribution in [0.5, 0.6) is 0 Å². The molecule has 1 unspecified atom stereocenters. The summed E-state index contributed by atoms with van der Waals surface area (Å²) in [6.45, 7) is 2.75. The third-order valence-corrected chi connectivity index (χ3v) is 3.17. The molecule has 0 aliphatic rings. The molecule has 0 radical (unpaired) electrons. The Hall–Kier alpha value is -1.23. The monoisotopic (exact) mass is 373 g/mol. The number of phosphoric ester groups is 1. The fourth-order valence-electron chi connectivity index (χ4n) is 1.20. The van der Waals surface area contributed by atoms with E-state index >= 15 is 0 Å². The maximum atomic E-state index is 11.6. The van der Waals surface area contributed by atoms with Gasteiger partial charge in [0, 0.05) is 0 Å². The molecule has 0 aromatic heterocycles. The zero-order valence-corrected chi connectivity index (χ0v) is 14.8. The van der Waals surface area contributed by atoms with Gasteiger partial charge in [0.15, 0.2) is 6.04 Å². The molecule has 0 saturated heterocycles. The van der Waals surface area contributed by atoms with E-state index in [-0.39, 0.29) is 0 Å². The maximum absolute atomic E-state index is 11.6. The predicted octanol–water partition coefficient (Wildman–Crippen LogP) is -0.461. The van der Waals surface area contributed by atoms with Gasteiger partial charge in [0.25, 0.3) is 0 Å². The Morgan fingerprint density at radius 3 is 2.21 bits per heavy atom.